The molecular formula is C19H28N4O4S. The summed E-state index contributed by atoms with van der Waals surface area (Å²) in [5.41, 5.74) is 0.833. The molecule has 8 nitrogen and oxygen atoms in total. The SMILES string of the molecule is CCN(CC)c1cc(COC)nc(SCc2ccc(C(=O)NCCOC)o2)n1. The lowest BCUT2D eigenvalue weighted by molar-refractivity contribution is 0.0908. The number of nitrogens with one attached hydrogen (secondary N) is 1. The molecule has 0 aromatic carbocycles. The first kappa shape index (κ1) is 22.2. The van der Waals surface area contributed by atoms with Gasteiger partial charge >= 0.3 is 0 Å². The Morgan fingerprint density at radius 3 is 2.68 bits per heavy atom. The van der Waals surface area contributed by atoms with Gasteiger partial charge in [0.05, 0.1) is 24.7 Å². The summed E-state index contributed by atoms with van der Waals surface area (Å²) in [4.78, 5) is 23.4. The van der Waals surface area contributed by atoms with Crippen molar-refractivity contribution in [2.24, 2.45) is 0 Å². The number of furan rings is 1. The number of hydrogen-bond acceptors (Lipinski definition) is 8. The third-order valence-corrected chi connectivity index (χ3v) is 4.82. The predicted octanol–water partition coefficient (Wildman–Crippen LogP) is 2.73. The number of aromatic nitrogens is 2. The summed E-state index contributed by atoms with van der Waals surface area (Å²) in [6, 6.07) is 5.42. The average Bonchev–Trinajstić information content (AvgIpc) is 3.17. The number of nitrogens with zero attached hydrogens (tertiary/aromatic N) is 3. The highest BCUT2D eigenvalue weighted by atomic mass is 32.2. The molecule has 2 aromatic rings. The Labute approximate surface area is 170 Å². The van der Waals surface area contributed by atoms with Crippen LogP contribution in [0.2, 0.25) is 0 Å². The van der Waals surface area contributed by atoms with E-state index in [1.165, 1.54) is 11.8 Å². The summed E-state index contributed by atoms with van der Waals surface area (Å²) in [6.07, 6.45) is 0. The molecule has 2 rings (SSSR count). The van der Waals surface area contributed by atoms with Crippen LogP contribution in [0.25, 0.3) is 0 Å². The van der Waals surface area contributed by atoms with Crippen LogP contribution in [0, 0.1) is 0 Å². The molecule has 0 aliphatic heterocycles. The van der Waals surface area contributed by atoms with Crippen LogP contribution in [0.3, 0.4) is 0 Å². The van der Waals surface area contributed by atoms with Crippen LogP contribution in [0.1, 0.15) is 35.9 Å². The number of rotatable bonds is 12. The fourth-order valence-corrected chi connectivity index (χ4v) is 3.29. The van der Waals surface area contributed by atoms with Crippen LogP contribution in [0.15, 0.2) is 27.8 Å². The van der Waals surface area contributed by atoms with E-state index in [0.29, 0.717) is 36.4 Å². The molecule has 2 aromatic heterocycles. The zero-order valence-corrected chi connectivity index (χ0v) is 17.7. The summed E-state index contributed by atoms with van der Waals surface area (Å²) in [7, 11) is 3.23. The third kappa shape index (κ3) is 6.50. The van der Waals surface area contributed by atoms with Gasteiger partial charge in [-0.05, 0) is 26.0 Å². The molecule has 154 valence electrons. The van der Waals surface area contributed by atoms with Crippen molar-refractivity contribution in [1.29, 1.82) is 0 Å². The summed E-state index contributed by atoms with van der Waals surface area (Å²) in [5, 5.41) is 3.38. The van der Waals surface area contributed by atoms with Gasteiger partial charge in [-0.25, -0.2) is 9.97 Å². The fourth-order valence-electron chi connectivity index (χ4n) is 2.52. The molecule has 1 N–H and O–H groups in total. The van der Waals surface area contributed by atoms with Crippen molar-refractivity contribution in [3.63, 3.8) is 0 Å². The number of amides is 1. The Morgan fingerprint density at radius 1 is 1.21 bits per heavy atom. The molecule has 0 aliphatic carbocycles. The summed E-state index contributed by atoms with van der Waals surface area (Å²) >= 11 is 1.46. The van der Waals surface area contributed by atoms with Crippen molar-refractivity contribution in [2.75, 3.05) is 45.4 Å². The summed E-state index contributed by atoms with van der Waals surface area (Å²) in [5.74, 6) is 2.12. The highest BCUT2D eigenvalue weighted by molar-refractivity contribution is 7.98. The normalized spacial score (nSPS) is 10.9. The predicted molar refractivity (Wildman–Crippen MR) is 109 cm³/mol. The largest absolute Gasteiger partial charge is 0.455 e. The van der Waals surface area contributed by atoms with Gasteiger partial charge in [-0.1, -0.05) is 11.8 Å². The number of ether oxygens (including phenoxy) is 2. The molecule has 1 amide bonds. The van der Waals surface area contributed by atoms with Crippen LogP contribution < -0.4 is 10.2 Å². The van der Waals surface area contributed by atoms with Crippen molar-refractivity contribution in [2.45, 2.75) is 31.4 Å². The van der Waals surface area contributed by atoms with Gasteiger partial charge in [0.1, 0.15) is 11.6 Å². The highest BCUT2D eigenvalue weighted by Crippen LogP contribution is 2.24. The van der Waals surface area contributed by atoms with Gasteiger partial charge in [0, 0.05) is 39.9 Å². The molecule has 0 saturated carbocycles. The first-order valence-corrected chi connectivity index (χ1v) is 10.2. The van der Waals surface area contributed by atoms with E-state index in [4.69, 9.17) is 13.9 Å². The topological polar surface area (TPSA) is 89.7 Å². The van der Waals surface area contributed by atoms with E-state index in [1.807, 2.05) is 6.07 Å². The molecule has 0 bridgehead atoms. The van der Waals surface area contributed by atoms with E-state index in [-0.39, 0.29) is 11.7 Å². The van der Waals surface area contributed by atoms with Crippen molar-refractivity contribution in [1.82, 2.24) is 15.3 Å². The molecule has 28 heavy (non-hydrogen) atoms. The second kappa shape index (κ2) is 11.7. The van der Waals surface area contributed by atoms with E-state index in [0.717, 1.165) is 24.6 Å². The smallest absolute Gasteiger partial charge is 0.287 e. The van der Waals surface area contributed by atoms with E-state index in [9.17, 15) is 4.79 Å². The first-order valence-electron chi connectivity index (χ1n) is 9.21. The fraction of sp³-hybridized carbons (Fsp3) is 0.526. The Morgan fingerprint density at radius 2 is 2.00 bits per heavy atom. The first-order chi connectivity index (χ1) is 13.6. The number of carbonyl (C=O) groups is 1. The number of carbonyl (C=O) groups excluding carboxylic acids is 1. The minimum absolute atomic E-state index is 0.254. The maximum Gasteiger partial charge on any atom is 0.287 e. The lowest BCUT2D eigenvalue weighted by Gasteiger charge is -2.20. The molecule has 9 heteroatoms. The van der Waals surface area contributed by atoms with Crippen LogP contribution in [-0.4, -0.2) is 56.3 Å². The van der Waals surface area contributed by atoms with Crippen LogP contribution in [0.4, 0.5) is 5.82 Å². The Balaban J connectivity index is 2.04. The monoisotopic (exact) mass is 408 g/mol. The minimum atomic E-state index is -0.254. The molecule has 0 atom stereocenters. The van der Waals surface area contributed by atoms with Crippen LogP contribution >= 0.6 is 11.8 Å². The maximum atomic E-state index is 12.0. The zero-order valence-electron chi connectivity index (χ0n) is 16.9. The van der Waals surface area contributed by atoms with Crippen molar-refractivity contribution in [3.05, 3.63) is 35.4 Å². The second-order valence-electron chi connectivity index (χ2n) is 5.91. The van der Waals surface area contributed by atoms with Gasteiger partial charge in [0.25, 0.3) is 5.91 Å². The van der Waals surface area contributed by atoms with E-state index < -0.39 is 0 Å². The lowest BCUT2D eigenvalue weighted by atomic mass is 10.3. The van der Waals surface area contributed by atoms with Gasteiger partial charge in [-0.15, -0.1) is 0 Å². The third-order valence-electron chi connectivity index (χ3n) is 3.95. The van der Waals surface area contributed by atoms with Crippen molar-refractivity contribution < 1.29 is 18.7 Å². The number of methoxy groups -OCH3 is 2. The molecule has 0 radical (unpaired) electrons. The number of thioether (sulfide) groups is 1. The lowest BCUT2D eigenvalue weighted by Crippen LogP contribution is -2.26. The molecular weight excluding hydrogens is 380 g/mol. The minimum Gasteiger partial charge on any atom is -0.455 e. The van der Waals surface area contributed by atoms with E-state index in [2.05, 4.69) is 34.0 Å². The highest BCUT2D eigenvalue weighted by Gasteiger charge is 2.13. The molecule has 0 unspecified atom stereocenters. The quantitative estimate of drug-likeness (QED) is 0.326. The summed E-state index contributed by atoms with van der Waals surface area (Å²) in [6.45, 7) is 7.24. The average molecular weight is 409 g/mol. The standard InChI is InChI=1S/C19H28N4O4S/c1-5-23(6-2)17-11-14(12-26-4)21-19(22-17)28-13-15-7-8-16(27-15)18(24)20-9-10-25-3/h7-8,11H,5-6,9-10,12-13H2,1-4H3,(H,20,24). The van der Waals surface area contributed by atoms with Gasteiger partial charge in [0.15, 0.2) is 10.9 Å². The van der Waals surface area contributed by atoms with Gasteiger partial charge in [0.2, 0.25) is 0 Å². The molecule has 0 aliphatic rings. The summed E-state index contributed by atoms with van der Waals surface area (Å²) < 4.78 is 15.8. The van der Waals surface area contributed by atoms with Gasteiger partial charge in [-0.3, -0.25) is 4.79 Å². The second-order valence-corrected chi connectivity index (χ2v) is 6.85. The zero-order chi connectivity index (χ0) is 20.4. The van der Waals surface area contributed by atoms with Crippen LogP contribution in [0.5, 0.6) is 0 Å². The maximum absolute atomic E-state index is 12.0. The Bertz CT molecular complexity index is 749. The van der Waals surface area contributed by atoms with E-state index in [1.54, 1.807) is 26.4 Å². The number of anilines is 1. The van der Waals surface area contributed by atoms with Crippen molar-refractivity contribution >= 4 is 23.5 Å². The van der Waals surface area contributed by atoms with Crippen LogP contribution in [-0.2, 0) is 21.8 Å². The number of hydrogen-bond donors (Lipinski definition) is 1. The molecule has 0 spiro atoms. The molecule has 0 saturated heterocycles. The Kier molecular flexibility index (Phi) is 9.26. The van der Waals surface area contributed by atoms with Crippen molar-refractivity contribution in [3.8, 4) is 0 Å². The molecule has 2 heterocycles. The Hall–Kier alpha value is -2.10. The van der Waals surface area contributed by atoms with E-state index >= 15 is 0 Å². The molecule has 0 fully saturated rings. The van der Waals surface area contributed by atoms with Gasteiger partial charge in [-0.2, -0.15) is 0 Å². The van der Waals surface area contributed by atoms with Gasteiger partial charge < -0.3 is 24.1 Å².